The summed E-state index contributed by atoms with van der Waals surface area (Å²) in [7, 11) is 0. The lowest BCUT2D eigenvalue weighted by Gasteiger charge is -2.12. The van der Waals surface area contributed by atoms with E-state index in [0.717, 1.165) is 19.5 Å². The fraction of sp³-hybridized carbons (Fsp3) is 0.529. The summed E-state index contributed by atoms with van der Waals surface area (Å²) < 4.78 is 0. The molecule has 1 aromatic rings. The Morgan fingerprint density at radius 2 is 2.12 bits per heavy atom. The first kappa shape index (κ1) is 20.3. The fourth-order valence-electron chi connectivity index (χ4n) is 2.62. The summed E-state index contributed by atoms with van der Waals surface area (Å²) in [6.07, 6.45) is 2.17. The van der Waals surface area contributed by atoms with Gasteiger partial charge in [0, 0.05) is 23.8 Å². The third kappa shape index (κ3) is 6.76. The van der Waals surface area contributed by atoms with Crippen LogP contribution in [-0.4, -0.2) is 37.6 Å². The molecule has 1 heterocycles. The highest BCUT2D eigenvalue weighted by atomic mass is 35.5. The Bertz CT molecular complexity index is 545. The number of nitrogens with one attached hydrogen (secondary N) is 4. The first-order valence-electron chi connectivity index (χ1n) is 8.21. The lowest BCUT2D eigenvalue weighted by Crippen LogP contribution is -2.34. The monoisotopic (exact) mass is 354 g/mol. The number of carbonyl (C=O) groups is 2. The van der Waals surface area contributed by atoms with E-state index >= 15 is 0 Å². The molecule has 1 aliphatic heterocycles. The molecule has 1 aromatic carbocycles. The Labute approximate surface area is 149 Å². The molecule has 2 rings (SSSR count). The van der Waals surface area contributed by atoms with Gasteiger partial charge in [0.05, 0.1) is 0 Å². The lowest BCUT2D eigenvalue weighted by molar-refractivity contribution is 0.0951. The van der Waals surface area contributed by atoms with Gasteiger partial charge in [-0.05, 0) is 63.9 Å². The first-order chi connectivity index (χ1) is 11.0. The van der Waals surface area contributed by atoms with E-state index < -0.39 is 0 Å². The van der Waals surface area contributed by atoms with Gasteiger partial charge in [-0.15, -0.1) is 12.4 Å². The predicted octanol–water partition coefficient (Wildman–Crippen LogP) is 2.37. The molecule has 0 aliphatic carbocycles. The van der Waals surface area contributed by atoms with Crippen molar-refractivity contribution in [2.45, 2.75) is 32.7 Å². The lowest BCUT2D eigenvalue weighted by atomic mass is 10.1. The highest BCUT2D eigenvalue weighted by Crippen LogP contribution is 2.12. The van der Waals surface area contributed by atoms with E-state index in [0.29, 0.717) is 23.7 Å². The largest absolute Gasteiger partial charge is 0.352 e. The van der Waals surface area contributed by atoms with Gasteiger partial charge < -0.3 is 21.3 Å². The summed E-state index contributed by atoms with van der Waals surface area (Å²) in [5.74, 6) is 0.548. The zero-order chi connectivity index (χ0) is 16.7. The molecule has 24 heavy (non-hydrogen) atoms. The molecule has 1 aliphatic rings. The van der Waals surface area contributed by atoms with Crippen molar-refractivity contribution < 1.29 is 9.59 Å². The van der Waals surface area contributed by atoms with Gasteiger partial charge >= 0.3 is 6.03 Å². The topological polar surface area (TPSA) is 82.3 Å². The standard InChI is InChI=1S/C17H26N4O2.ClH/c1-12(2)20-17(23)21-15-5-3-4-14(10-15)16(22)19-9-7-13-6-8-18-11-13;/h3-5,10,12-13,18H,6-9,11H2,1-2H3,(H,19,22)(H2,20,21,23);1H. The average Bonchev–Trinajstić information content (AvgIpc) is 2.99. The number of halogens is 1. The number of carbonyl (C=O) groups excluding carboxylic acids is 2. The summed E-state index contributed by atoms with van der Waals surface area (Å²) in [6, 6.07) is 6.75. The SMILES string of the molecule is CC(C)NC(=O)Nc1cccc(C(=O)NCCC2CCNC2)c1.Cl. The Morgan fingerprint density at radius 3 is 2.79 bits per heavy atom. The molecule has 0 radical (unpaired) electrons. The van der Waals surface area contributed by atoms with Crippen LogP contribution >= 0.6 is 12.4 Å². The number of urea groups is 1. The van der Waals surface area contributed by atoms with Crippen LogP contribution in [0.1, 0.15) is 37.0 Å². The molecule has 3 amide bonds. The number of amides is 3. The summed E-state index contributed by atoms with van der Waals surface area (Å²) in [4.78, 5) is 23.9. The molecule has 0 spiro atoms. The van der Waals surface area contributed by atoms with Gasteiger partial charge in [-0.2, -0.15) is 0 Å². The second-order valence-electron chi connectivity index (χ2n) is 6.24. The number of anilines is 1. The second kappa shape index (κ2) is 10.2. The maximum atomic E-state index is 12.2. The van der Waals surface area contributed by atoms with Crippen molar-refractivity contribution in [3.8, 4) is 0 Å². The van der Waals surface area contributed by atoms with Crippen molar-refractivity contribution in [2.24, 2.45) is 5.92 Å². The van der Waals surface area contributed by atoms with Crippen molar-refractivity contribution in [3.63, 3.8) is 0 Å². The van der Waals surface area contributed by atoms with Crippen molar-refractivity contribution in [1.82, 2.24) is 16.0 Å². The van der Waals surface area contributed by atoms with Gasteiger partial charge in [0.2, 0.25) is 0 Å². The molecule has 6 nitrogen and oxygen atoms in total. The molecule has 7 heteroatoms. The van der Waals surface area contributed by atoms with Gasteiger partial charge in [0.15, 0.2) is 0 Å². The Morgan fingerprint density at radius 1 is 1.33 bits per heavy atom. The summed E-state index contributed by atoms with van der Waals surface area (Å²) in [5, 5.41) is 11.7. The van der Waals surface area contributed by atoms with E-state index in [9.17, 15) is 9.59 Å². The van der Waals surface area contributed by atoms with Crippen LogP contribution in [0, 0.1) is 5.92 Å². The summed E-state index contributed by atoms with van der Waals surface area (Å²) >= 11 is 0. The fourth-order valence-corrected chi connectivity index (χ4v) is 2.62. The van der Waals surface area contributed by atoms with Gasteiger partial charge in [0.1, 0.15) is 0 Å². The van der Waals surface area contributed by atoms with Gasteiger partial charge in [-0.25, -0.2) is 4.79 Å². The molecule has 4 N–H and O–H groups in total. The van der Waals surface area contributed by atoms with Crippen LogP contribution in [0.2, 0.25) is 0 Å². The van der Waals surface area contributed by atoms with Gasteiger partial charge in [-0.1, -0.05) is 6.07 Å². The van der Waals surface area contributed by atoms with E-state index in [1.807, 2.05) is 13.8 Å². The molecule has 1 fully saturated rings. The Kier molecular flexibility index (Phi) is 8.57. The third-order valence-corrected chi connectivity index (χ3v) is 3.80. The van der Waals surface area contributed by atoms with Crippen molar-refractivity contribution in [2.75, 3.05) is 25.0 Å². The highest BCUT2D eigenvalue weighted by molar-refractivity contribution is 5.96. The molecule has 1 unspecified atom stereocenters. The van der Waals surface area contributed by atoms with Gasteiger partial charge in [-0.3, -0.25) is 4.79 Å². The maximum Gasteiger partial charge on any atom is 0.319 e. The zero-order valence-electron chi connectivity index (χ0n) is 14.2. The molecule has 0 aromatic heterocycles. The molecular weight excluding hydrogens is 328 g/mol. The van der Waals surface area contributed by atoms with E-state index in [2.05, 4.69) is 21.3 Å². The third-order valence-electron chi connectivity index (χ3n) is 3.80. The molecule has 1 atom stereocenters. The quantitative estimate of drug-likeness (QED) is 0.633. The number of hydrogen-bond donors (Lipinski definition) is 4. The zero-order valence-corrected chi connectivity index (χ0v) is 15.0. The number of rotatable bonds is 6. The maximum absolute atomic E-state index is 12.2. The number of benzene rings is 1. The van der Waals surface area contributed by atoms with Crippen molar-refractivity contribution in [3.05, 3.63) is 29.8 Å². The highest BCUT2D eigenvalue weighted by Gasteiger charge is 2.14. The van der Waals surface area contributed by atoms with Crippen LogP contribution in [-0.2, 0) is 0 Å². The molecule has 0 bridgehead atoms. The average molecular weight is 355 g/mol. The van der Waals surface area contributed by atoms with Crippen molar-refractivity contribution in [1.29, 1.82) is 0 Å². The molecule has 134 valence electrons. The van der Waals surface area contributed by atoms with Gasteiger partial charge in [0.25, 0.3) is 5.91 Å². The minimum Gasteiger partial charge on any atom is -0.352 e. The van der Waals surface area contributed by atoms with Crippen LogP contribution < -0.4 is 21.3 Å². The Hall–Kier alpha value is -1.79. The van der Waals surface area contributed by atoms with E-state index in [-0.39, 0.29) is 30.4 Å². The number of hydrogen-bond acceptors (Lipinski definition) is 3. The van der Waals surface area contributed by atoms with Crippen LogP contribution in [0.4, 0.5) is 10.5 Å². The van der Waals surface area contributed by atoms with Crippen LogP contribution in [0.5, 0.6) is 0 Å². The second-order valence-corrected chi connectivity index (χ2v) is 6.24. The predicted molar refractivity (Wildman–Crippen MR) is 98.9 cm³/mol. The first-order valence-corrected chi connectivity index (χ1v) is 8.21. The van der Waals surface area contributed by atoms with Crippen LogP contribution in [0.3, 0.4) is 0 Å². The minimum absolute atomic E-state index is 0. The van der Waals surface area contributed by atoms with E-state index in [1.165, 1.54) is 6.42 Å². The van der Waals surface area contributed by atoms with E-state index in [4.69, 9.17) is 0 Å². The van der Waals surface area contributed by atoms with Crippen LogP contribution in [0.25, 0.3) is 0 Å². The van der Waals surface area contributed by atoms with Crippen LogP contribution in [0.15, 0.2) is 24.3 Å². The summed E-state index contributed by atoms with van der Waals surface area (Å²) in [5.41, 5.74) is 1.16. The smallest absolute Gasteiger partial charge is 0.319 e. The molecular formula is C17H27ClN4O2. The summed E-state index contributed by atoms with van der Waals surface area (Å²) in [6.45, 7) is 6.58. The Balaban J connectivity index is 0.00000288. The molecule has 1 saturated heterocycles. The normalized spacial score (nSPS) is 16.4. The van der Waals surface area contributed by atoms with Crippen molar-refractivity contribution >= 4 is 30.0 Å². The molecule has 0 saturated carbocycles. The minimum atomic E-state index is -0.272. The van der Waals surface area contributed by atoms with E-state index in [1.54, 1.807) is 24.3 Å².